The van der Waals surface area contributed by atoms with Gasteiger partial charge in [0.05, 0.1) is 24.0 Å². The average Bonchev–Trinajstić information content (AvgIpc) is 3.20. The minimum absolute atomic E-state index is 0.0256. The molecule has 0 radical (unpaired) electrons. The van der Waals surface area contributed by atoms with Gasteiger partial charge in [-0.05, 0) is 31.4 Å². The van der Waals surface area contributed by atoms with Gasteiger partial charge in [-0.2, -0.15) is 10.2 Å². The fourth-order valence-corrected chi connectivity index (χ4v) is 3.51. The number of carbonyl (C=O) groups excluding carboxylic acids is 1. The molecule has 0 saturated heterocycles. The Kier molecular flexibility index (Phi) is 6.08. The van der Waals surface area contributed by atoms with Gasteiger partial charge in [0, 0.05) is 45.0 Å². The molecule has 1 aliphatic rings. The summed E-state index contributed by atoms with van der Waals surface area (Å²) in [5.74, 6) is 0.692. The first-order chi connectivity index (χ1) is 12.5. The molecule has 7 nitrogen and oxygen atoms in total. The number of aromatic nitrogens is 4. The number of hydrogen-bond acceptors (Lipinski definition) is 4. The lowest BCUT2D eigenvalue weighted by atomic mass is 10.2. The lowest BCUT2D eigenvalue weighted by Gasteiger charge is -2.21. The Morgan fingerprint density at radius 3 is 2.88 bits per heavy atom. The third-order valence-corrected chi connectivity index (χ3v) is 4.69. The summed E-state index contributed by atoms with van der Waals surface area (Å²) in [4.78, 5) is 14.7. The Bertz CT molecular complexity index is 706. The minimum atomic E-state index is 0.0256. The molecule has 1 unspecified atom stereocenters. The van der Waals surface area contributed by atoms with Crippen LogP contribution in [0.15, 0.2) is 24.5 Å². The maximum absolute atomic E-state index is 12.2. The van der Waals surface area contributed by atoms with Crippen LogP contribution in [0.2, 0.25) is 0 Å². The standard InChI is InChI=1S/C19H30N6O/c1-15(2)13-23-7-5-9-25-18(14-23)11-17(22-25)12-20-19(26)10-16(3)24-8-4-6-21-24/h4,6,8,11,15-16H,5,7,9-10,12-14H2,1-3H3,(H,20,26). The number of nitrogens with one attached hydrogen (secondary N) is 1. The van der Waals surface area contributed by atoms with Gasteiger partial charge in [-0.1, -0.05) is 13.8 Å². The van der Waals surface area contributed by atoms with Crippen molar-refractivity contribution in [1.29, 1.82) is 0 Å². The highest BCUT2D eigenvalue weighted by molar-refractivity contribution is 5.76. The molecular formula is C19H30N6O. The van der Waals surface area contributed by atoms with Gasteiger partial charge in [0.15, 0.2) is 0 Å². The van der Waals surface area contributed by atoms with E-state index in [0.29, 0.717) is 18.9 Å². The molecule has 1 aliphatic heterocycles. The van der Waals surface area contributed by atoms with Gasteiger partial charge < -0.3 is 5.32 Å². The van der Waals surface area contributed by atoms with E-state index < -0.39 is 0 Å². The van der Waals surface area contributed by atoms with Crippen LogP contribution in [0.25, 0.3) is 0 Å². The predicted molar refractivity (Wildman–Crippen MR) is 100 cm³/mol. The van der Waals surface area contributed by atoms with Crippen LogP contribution in [0.1, 0.15) is 51.0 Å². The minimum Gasteiger partial charge on any atom is -0.350 e. The Morgan fingerprint density at radius 2 is 2.15 bits per heavy atom. The molecule has 1 atom stereocenters. The molecule has 1 amide bonds. The molecule has 7 heteroatoms. The van der Waals surface area contributed by atoms with Crippen molar-refractivity contribution in [2.24, 2.45) is 5.92 Å². The lowest BCUT2D eigenvalue weighted by molar-refractivity contribution is -0.122. The molecule has 0 fully saturated rings. The molecule has 2 aromatic heterocycles. The summed E-state index contributed by atoms with van der Waals surface area (Å²) >= 11 is 0. The number of hydrogen-bond donors (Lipinski definition) is 1. The van der Waals surface area contributed by atoms with Gasteiger partial charge in [-0.15, -0.1) is 0 Å². The van der Waals surface area contributed by atoms with Gasteiger partial charge in [0.25, 0.3) is 0 Å². The van der Waals surface area contributed by atoms with Crippen LogP contribution >= 0.6 is 0 Å². The molecule has 0 saturated carbocycles. The van der Waals surface area contributed by atoms with E-state index >= 15 is 0 Å². The van der Waals surface area contributed by atoms with E-state index in [1.54, 1.807) is 6.20 Å². The van der Waals surface area contributed by atoms with Crippen LogP contribution in [0.4, 0.5) is 0 Å². The summed E-state index contributed by atoms with van der Waals surface area (Å²) in [6.45, 7) is 11.1. The summed E-state index contributed by atoms with van der Waals surface area (Å²) in [6, 6.07) is 4.05. The number of fused-ring (bicyclic) bond motifs is 1. The topological polar surface area (TPSA) is 68.0 Å². The maximum Gasteiger partial charge on any atom is 0.222 e. The molecule has 0 aromatic carbocycles. The smallest absolute Gasteiger partial charge is 0.222 e. The molecule has 2 aromatic rings. The molecule has 26 heavy (non-hydrogen) atoms. The number of rotatable bonds is 7. The van der Waals surface area contributed by atoms with Crippen molar-refractivity contribution < 1.29 is 4.79 Å². The summed E-state index contributed by atoms with van der Waals surface area (Å²) in [5, 5.41) is 11.9. The molecule has 3 heterocycles. The molecule has 0 spiro atoms. The van der Waals surface area contributed by atoms with Gasteiger partial charge >= 0.3 is 0 Å². The summed E-state index contributed by atoms with van der Waals surface area (Å²) in [6.07, 6.45) is 5.15. The third kappa shape index (κ3) is 4.94. The highest BCUT2D eigenvalue weighted by Gasteiger charge is 2.18. The Hall–Kier alpha value is -2.15. The molecule has 0 bridgehead atoms. The van der Waals surface area contributed by atoms with Crippen LogP contribution in [-0.2, 0) is 24.4 Å². The largest absolute Gasteiger partial charge is 0.350 e. The van der Waals surface area contributed by atoms with E-state index in [0.717, 1.165) is 38.3 Å². The summed E-state index contributed by atoms with van der Waals surface area (Å²) in [7, 11) is 0. The monoisotopic (exact) mass is 358 g/mol. The van der Waals surface area contributed by atoms with E-state index in [1.165, 1.54) is 5.69 Å². The average molecular weight is 358 g/mol. The van der Waals surface area contributed by atoms with Gasteiger partial charge in [-0.25, -0.2) is 0 Å². The second-order valence-electron chi connectivity index (χ2n) is 7.65. The van der Waals surface area contributed by atoms with Crippen molar-refractivity contribution in [3.63, 3.8) is 0 Å². The van der Waals surface area contributed by atoms with Crippen LogP contribution < -0.4 is 5.32 Å². The number of aryl methyl sites for hydroxylation is 1. The Labute approximate surface area is 155 Å². The van der Waals surface area contributed by atoms with E-state index in [4.69, 9.17) is 0 Å². The van der Waals surface area contributed by atoms with Crippen molar-refractivity contribution in [3.8, 4) is 0 Å². The normalized spacial score (nSPS) is 16.3. The highest BCUT2D eigenvalue weighted by atomic mass is 16.1. The predicted octanol–water partition coefficient (Wildman–Crippen LogP) is 2.21. The zero-order valence-corrected chi connectivity index (χ0v) is 16.1. The van der Waals surface area contributed by atoms with Gasteiger partial charge in [-0.3, -0.25) is 19.1 Å². The van der Waals surface area contributed by atoms with Crippen molar-refractivity contribution in [2.45, 2.75) is 59.3 Å². The Balaban J connectivity index is 1.52. The van der Waals surface area contributed by atoms with Crippen LogP contribution in [0, 0.1) is 5.92 Å². The van der Waals surface area contributed by atoms with Crippen molar-refractivity contribution in [2.75, 3.05) is 13.1 Å². The molecule has 0 aliphatic carbocycles. The first-order valence-electron chi connectivity index (χ1n) is 9.55. The number of amides is 1. The fraction of sp³-hybridized carbons (Fsp3) is 0.632. The first-order valence-corrected chi connectivity index (χ1v) is 9.55. The van der Waals surface area contributed by atoms with Crippen LogP contribution in [0.3, 0.4) is 0 Å². The van der Waals surface area contributed by atoms with E-state index in [-0.39, 0.29) is 11.9 Å². The second kappa shape index (κ2) is 8.49. The van der Waals surface area contributed by atoms with Gasteiger partial charge in [0.2, 0.25) is 5.91 Å². The third-order valence-electron chi connectivity index (χ3n) is 4.69. The van der Waals surface area contributed by atoms with E-state index in [9.17, 15) is 4.79 Å². The SMILES string of the molecule is CC(C)CN1CCCn2nc(CNC(=O)CC(C)n3cccn3)cc2C1. The fourth-order valence-electron chi connectivity index (χ4n) is 3.51. The van der Waals surface area contributed by atoms with E-state index in [2.05, 4.69) is 45.0 Å². The number of nitrogens with zero attached hydrogens (tertiary/aromatic N) is 5. The summed E-state index contributed by atoms with van der Waals surface area (Å²) < 4.78 is 3.91. The van der Waals surface area contributed by atoms with Crippen LogP contribution in [-0.4, -0.2) is 43.5 Å². The quantitative estimate of drug-likeness (QED) is 0.824. The molecule has 3 rings (SSSR count). The maximum atomic E-state index is 12.2. The lowest BCUT2D eigenvalue weighted by Crippen LogP contribution is -2.27. The molecule has 1 N–H and O–H groups in total. The zero-order chi connectivity index (χ0) is 18.5. The van der Waals surface area contributed by atoms with Crippen molar-refractivity contribution in [3.05, 3.63) is 35.9 Å². The highest BCUT2D eigenvalue weighted by Crippen LogP contribution is 2.15. The van der Waals surface area contributed by atoms with Crippen molar-refractivity contribution >= 4 is 5.91 Å². The Morgan fingerprint density at radius 1 is 1.31 bits per heavy atom. The second-order valence-corrected chi connectivity index (χ2v) is 7.65. The summed E-state index contributed by atoms with van der Waals surface area (Å²) in [5.41, 5.74) is 2.18. The van der Waals surface area contributed by atoms with Gasteiger partial charge in [0.1, 0.15) is 0 Å². The molecular weight excluding hydrogens is 328 g/mol. The molecule has 142 valence electrons. The van der Waals surface area contributed by atoms with Crippen LogP contribution in [0.5, 0.6) is 0 Å². The zero-order valence-electron chi connectivity index (χ0n) is 16.1. The first kappa shape index (κ1) is 18.6. The number of carbonyl (C=O) groups is 1. The van der Waals surface area contributed by atoms with E-state index in [1.807, 2.05) is 23.9 Å². The van der Waals surface area contributed by atoms with Crippen molar-refractivity contribution in [1.82, 2.24) is 29.8 Å².